The maximum Gasteiger partial charge on any atom is 0.338 e. The van der Waals surface area contributed by atoms with E-state index >= 15 is 0 Å². The summed E-state index contributed by atoms with van der Waals surface area (Å²) in [4.78, 5) is 39.1. The number of aromatic nitrogens is 1. The maximum absolute atomic E-state index is 12.4. The van der Waals surface area contributed by atoms with Gasteiger partial charge in [-0.1, -0.05) is 42.5 Å². The van der Waals surface area contributed by atoms with Crippen LogP contribution in [0.2, 0.25) is 0 Å². The largest absolute Gasteiger partial charge is 0.460 e. The first-order valence-electron chi connectivity index (χ1n) is 8.36. The van der Waals surface area contributed by atoms with Crippen molar-refractivity contribution in [3.05, 3.63) is 83.2 Å². The van der Waals surface area contributed by atoms with Crippen molar-refractivity contribution in [3.8, 4) is 0 Å². The molecule has 0 aliphatic carbocycles. The molecule has 1 heterocycles. The van der Waals surface area contributed by atoms with Gasteiger partial charge in [0.15, 0.2) is 5.69 Å². The predicted molar refractivity (Wildman–Crippen MR) is 99.7 cm³/mol. The fraction of sp³-hybridized carbons (Fsp3) is 0.100. The molecule has 0 bridgehead atoms. The van der Waals surface area contributed by atoms with Gasteiger partial charge in [0.2, 0.25) is 0 Å². The van der Waals surface area contributed by atoms with E-state index in [1.165, 1.54) is 24.3 Å². The summed E-state index contributed by atoms with van der Waals surface area (Å²) >= 11 is 0. The van der Waals surface area contributed by atoms with Gasteiger partial charge in [-0.15, -0.1) is 0 Å². The van der Waals surface area contributed by atoms with Crippen molar-refractivity contribution in [2.75, 3.05) is 12.3 Å². The van der Waals surface area contributed by atoms with Gasteiger partial charge >= 0.3 is 5.97 Å². The number of aldehydes is 1. The van der Waals surface area contributed by atoms with E-state index in [-0.39, 0.29) is 18.3 Å². The minimum absolute atomic E-state index is 0.0224. The molecule has 1 amide bonds. The number of nitrogens with zero attached hydrogens (tertiary/aromatic N) is 1. The Morgan fingerprint density at radius 3 is 2.46 bits per heavy atom. The van der Waals surface area contributed by atoms with Crippen LogP contribution in [0.1, 0.15) is 42.8 Å². The molecule has 142 valence electrons. The molecule has 8 heteroatoms. The zero-order valence-electron chi connectivity index (χ0n) is 14.7. The molecule has 2 aromatic carbocycles. The van der Waals surface area contributed by atoms with Crippen LogP contribution in [-0.2, 0) is 4.74 Å². The lowest BCUT2D eigenvalue weighted by Crippen LogP contribution is -2.32. The topological polar surface area (TPSA) is 125 Å². The van der Waals surface area contributed by atoms with Crippen LogP contribution in [0.15, 0.2) is 65.3 Å². The average Bonchev–Trinajstić information content (AvgIpc) is 3.18. The standard InChI is InChI=1S/C20H17N3O5/c21-20-23-17(12-28-20)18(25)22-16(14-4-2-1-3-5-14)11-27-19(26)15-8-6-13(10-24)7-9-15/h1-10,12,16H,11H2,(H2,21,23)(H,22,25)/t16-/m0/s1. The Hall–Kier alpha value is -3.94. The molecule has 3 aromatic rings. The fourth-order valence-corrected chi connectivity index (χ4v) is 2.47. The highest BCUT2D eigenvalue weighted by Gasteiger charge is 2.20. The monoisotopic (exact) mass is 379 g/mol. The molecule has 1 atom stereocenters. The third-order valence-corrected chi connectivity index (χ3v) is 3.93. The lowest BCUT2D eigenvalue weighted by Gasteiger charge is -2.18. The molecular weight excluding hydrogens is 362 g/mol. The Kier molecular flexibility index (Phi) is 5.81. The van der Waals surface area contributed by atoms with E-state index in [9.17, 15) is 14.4 Å². The first kappa shape index (κ1) is 18.8. The van der Waals surface area contributed by atoms with Crippen LogP contribution in [0.25, 0.3) is 0 Å². The minimum Gasteiger partial charge on any atom is -0.460 e. The summed E-state index contributed by atoms with van der Waals surface area (Å²) < 4.78 is 10.2. The van der Waals surface area contributed by atoms with Crippen LogP contribution in [0.4, 0.5) is 6.01 Å². The summed E-state index contributed by atoms with van der Waals surface area (Å²) in [5.74, 6) is -1.08. The van der Waals surface area contributed by atoms with Crippen LogP contribution in [0.5, 0.6) is 0 Å². The third-order valence-electron chi connectivity index (χ3n) is 3.93. The molecule has 0 saturated heterocycles. The van der Waals surface area contributed by atoms with Gasteiger partial charge in [0.05, 0.1) is 11.6 Å². The number of oxazole rings is 1. The second kappa shape index (κ2) is 8.63. The van der Waals surface area contributed by atoms with Gasteiger partial charge in [-0.25, -0.2) is 4.79 Å². The van der Waals surface area contributed by atoms with Gasteiger partial charge in [0.25, 0.3) is 11.9 Å². The van der Waals surface area contributed by atoms with E-state index in [1.54, 1.807) is 12.1 Å². The number of nitrogens with one attached hydrogen (secondary N) is 1. The average molecular weight is 379 g/mol. The van der Waals surface area contributed by atoms with Gasteiger partial charge in [-0.2, -0.15) is 4.98 Å². The van der Waals surface area contributed by atoms with E-state index < -0.39 is 17.9 Å². The number of hydrogen-bond donors (Lipinski definition) is 2. The number of hydrogen-bond acceptors (Lipinski definition) is 7. The number of anilines is 1. The Bertz CT molecular complexity index is 967. The maximum atomic E-state index is 12.4. The highest BCUT2D eigenvalue weighted by Crippen LogP contribution is 2.16. The van der Waals surface area contributed by atoms with E-state index in [4.69, 9.17) is 14.9 Å². The van der Waals surface area contributed by atoms with Crippen molar-refractivity contribution in [3.63, 3.8) is 0 Å². The Morgan fingerprint density at radius 2 is 1.86 bits per heavy atom. The summed E-state index contributed by atoms with van der Waals surface area (Å²) in [5.41, 5.74) is 6.92. The quantitative estimate of drug-likeness (QED) is 0.477. The molecule has 0 saturated carbocycles. The summed E-state index contributed by atoms with van der Waals surface area (Å²) in [6.45, 7) is -0.0998. The van der Waals surface area contributed by atoms with E-state index in [0.717, 1.165) is 11.8 Å². The van der Waals surface area contributed by atoms with E-state index in [1.807, 2.05) is 18.2 Å². The van der Waals surface area contributed by atoms with Crippen LogP contribution < -0.4 is 11.1 Å². The number of rotatable bonds is 7. The normalized spacial score (nSPS) is 11.4. The summed E-state index contributed by atoms with van der Waals surface area (Å²) in [6.07, 6.45) is 1.83. The molecule has 8 nitrogen and oxygen atoms in total. The van der Waals surface area contributed by atoms with Gasteiger partial charge in [0.1, 0.15) is 19.2 Å². The van der Waals surface area contributed by atoms with Gasteiger partial charge in [-0.05, 0) is 17.7 Å². The van der Waals surface area contributed by atoms with Gasteiger partial charge < -0.3 is 20.2 Å². The molecule has 0 radical (unpaired) electrons. The molecule has 0 fully saturated rings. The van der Waals surface area contributed by atoms with Crippen molar-refractivity contribution in [1.29, 1.82) is 0 Å². The number of benzene rings is 2. The predicted octanol–water partition coefficient (Wildman–Crippen LogP) is 2.40. The number of nitrogens with two attached hydrogens (primary N) is 1. The Balaban J connectivity index is 1.71. The van der Waals surface area contributed by atoms with Crippen molar-refractivity contribution in [2.45, 2.75) is 6.04 Å². The highest BCUT2D eigenvalue weighted by molar-refractivity contribution is 5.93. The fourth-order valence-electron chi connectivity index (χ4n) is 2.47. The number of nitrogen functional groups attached to an aromatic ring is 1. The molecule has 3 N–H and O–H groups in total. The van der Waals surface area contributed by atoms with Crippen molar-refractivity contribution in [1.82, 2.24) is 10.3 Å². The molecule has 0 aliphatic rings. The zero-order chi connectivity index (χ0) is 19.9. The number of carbonyl (C=O) groups is 3. The van der Waals surface area contributed by atoms with Crippen LogP contribution >= 0.6 is 0 Å². The Labute approximate surface area is 160 Å². The lowest BCUT2D eigenvalue weighted by atomic mass is 10.1. The van der Waals surface area contributed by atoms with E-state index in [0.29, 0.717) is 17.4 Å². The molecule has 0 aliphatic heterocycles. The summed E-state index contributed by atoms with van der Waals surface area (Å²) in [5, 5.41) is 2.75. The molecule has 28 heavy (non-hydrogen) atoms. The summed E-state index contributed by atoms with van der Waals surface area (Å²) in [6, 6.07) is 14.4. The SMILES string of the molecule is Nc1nc(C(=O)N[C@@H](COC(=O)c2ccc(C=O)cc2)c2ccccc2)co1. The smallest absolute Gasteiger partial charge is 0.338 e. The molecule has 3 rings (SSSR count). The number of carbonyl (C=O) groups excluding carboxylic acids is 3. The van der Waals surface area contributed by atoms with Crippen molar-refractivity contribution in [2.24, 2.45) is 0 Å². The molecule has 0 spiro atoms. The number of amides is 1. The second-order valence-electron chi connectivity index (χ2n) is 5.85. The lowest BCUT2D eigenvalue weighted by molar-refractivity contribution is 0.0455. The summed E-state index contributed by atoms with van der Waals surface area (Å²) in [7, 11) is 0. The van der Waals surface area contributed by atoms with Crippen LogP contribution in [-0.4, -0.2) is 29.8 Å². The van der Waals surface area contributed by atoms with Crippen LogP contribution in [0, 0.1) is 0 Å². The van der Waals surface area contributed by atoms with Crippen molar-refractivity contribution < 1.29 is 23.5 Å². The molecular formula is C20H17N3O5. The molecule has 1 aromatic heterocycles. The van der Waals surface area contributed by atoms with Gasteiger partial charge in [-0.3, -0.25) is 9.59 Å². The van der Waals surface area contributed by atoms with Gasteiger partial charge in [0, 0.05) is 5.56 Å². The zero-order valence-corrected chi connectivity index (χ0v) is 14.7. The minimum atomic E-state index is -0.607. The highest BCUT2D eigenvalue weighted by atomic mass is 16.5. The second-order valence-corrected chi connectivity index (χ2v) is 5.85. The first-order chi connectivity index (χ1) is 13.6. The third kappa shape index (κ3) is 4.61. The number of esters is 1. The van der Waals surface area contributed by atoms with Crippen LogP contribution in [0.3, 0.4) is 0 Å². The Morgan fingerprint density at radius 1 is 1.14 bits per heavy atom. The van der Waals surface area contributed by atoms with Crippen molar-refractivity contribution >= 4 is 24.2 Å². The van der Waals surface area contributed by atoms with E-state index in [2.05, 4.69) is 10.3 Å². The number of ether oxygens (including phenoxy) is 1. The first-order valence-corrected chi connectivity index (χ1v) is 8.36. The molecule has 0 unspecified atom stereocenters.